The van der Waals surface area contributed by atoms with Crippen LogP contribution in [0.3, 0.4) is 0 Å². The van der Waals surface area contributed by atoms with Crippen LogP contribution < -0.4 is 0 Å². The number of benzene rings is 2. The summed E-state index contributed by atoms with van der Waals surface area (Å²) in [4.78, 5) is 0. The molecule has 0 atom stereocenters. The average molecular weight is 301 g/mol. The molecule has 0 spiro atoms. The van der Waals surface area contributed by atoms with Gasteiger partial charge < -0.3 is 0 Å². The molecule has 112 valence electrons. The van der Waals surface area contributed by atoms with E-state index < -0.39 is 0 Å². The Morgan fingerprint density at radius 3 is 2.38 bits per heavy atom. The molecule has 0 aliphatic carbocycles. The van der Waals surface area contributed by atoms with E-state index in [-0.39, 0.29) is 0 Å². The van der Waals surface area contributed by atoms with Gasteiger partial charge in [0.2, 0.25) is 0 Å². The fourth-order valence-corrected chi connectivity index (χ4v) is 2.96. The molecule has 0 bridgehead atoms. The third-order valence-corrected chi connectivity index (χ3v) is 4.13. The van der Waals surface area contributed by atoms with Crippen molar-refractivity contribution in [2.24, 2.45) is 0 Å². The molecule has 0 saturated carbocycles. The van der Waals surface area contributed by atoms with Gasteiger partial charge >= 0.3 is 0 Å². The first-order valence-electron chi connectivity index (χ1n) is 8.08. The van der Waals surface area contributed by atoms with E-state index in [2.05, 4.69) is 50.2 Å². The van der Waals surface area contributed by atoms with Crippen molar-refractivity contribution in [1.82, 2.24) is 0 Å². The maximum Gasteiger partial charge on any atom is 0.0408 e. The standard InChI is InChI=1S/C20H25Cl/c1-3-5-8-16-9-6-10-17(13-16)14-19-11-12-20(21)15-18(19)7-4-2/h6,9-13,15H,3-5,7-8,14H2,1-2H3. The van der Waals surface area contributed by atoms with Gasteiger partial charge in [-0.1, -0.05) is 68.6 Å². The molecule has 0 aliphatic heterocycles. The average Bonchev–Trinajstić information content (AvgIpc) is 2.49. The lowest BCUT2D eigenvalue weighted by Gasteiger charge is -2.11. The highest BCUT2D eigenvalue weighted by Crippen LogP contribution is 2.21. The quantitative estimate of drug-likeness (QED) is 0.569. The van der Waals surface area contributed by atoms with Crippen LogP contribution in [0.15, 0.2) is 42.5 Å². The fourth-order valence-electron chi connectivity index (χ4n) is 2.76. The largest absolute Gasteiger partial charge is 0.0843 e. The Labute approximate surface area is 134 Å². The number of halogens is 1. The van der Waals surface area contributed by atoms with Crippen molar-refractivity contribution in [1.29, 1.82) is 0 Å². The van der Waals surface area contributed by atoms with Crippen LogP contribution in [0.4, 0.5) is 0 Å². The molecule has 0 nitrogen and oxygen atoms in total. The molecule has 0 aromatic heterocycles. The van der Waals surface area contributed by atoms with Gasteiger partial charge in [-0.3, -0.25) is 0 Å². The normalized spacial score (nSPS) is 10.8. The zero-order chi connectivity index (χ0) is 15.1. The first-order chi connectivity index (χ1) is 10.2. The van der Waals surface area contributed by atoms with E-state index >= 15 is 0 Å². The number of hydrogen-bond acceptors (Lipinski definition) is 0. The van der Waals surface area contributed by atoms with Gasteiger partial charge in [0.05, 0.1) is 0 Å². The highest BCUT2D eigenvalue weighted by molar-refractivity contribution is 6.30. The smallest absolute Gasteiger partial charge is 0.0408 e. The summed E-state index contributed by atoms with van der Waals surface area (Å²) in [6, 6.07) is 15.4. The number of rotatable bonds is 7. The van der Waals surface area contributed by atoms with Crippen LogP contribution in [-0.4, -0.2) is 0 Å². The lowest BCUT2D eigenvalue weighted by Crippen LogP contribution is -1.97. The zero-order valence-corrected chi connectivity index (χ0v) is 13.9. The Bertz CT molecular complexity index is 572. The Hall–Kier alpha value is -1.27. The lowest BCUT2D eigenvalue weighted by atomic mass is 9.95. The van der Waals surface area contributed by atoms with Gasteiger partial charge in [-0.05, 0) is 60.1 Å². The molecule has 0 aliphatic rings. The van der Waals surface area contributed by atoms with Gasteiger partial charge in [0.15, 0.2) is 0 Å². The molecule has 0 radical (unpaired) electrons. The molecule has 0 amide bonds. The Balaban J connectivity index is 2.17. The van der Waals surface area contributed by atoms with Crippen LogP contribution in [-0.2, 0) is 19.3 Å². The highest BCUT2D eigenvalue weighted by atomic mass is 35.5. The van der Waals surface area contributed by atoms with Crippen molar-refractivity contribution in [3.63, 3.8) is 0 Å². The molecular weight excluding hydrogens is 276 g/mol. The number of unbranched alkanes of at least 4 members (excludes halogenated alkanes) is 1. The second kappa shape index (κ2) is 8.24. The summed E-state index contributed by atoms with van der Waals surface area (Å²) in [6.45, 7) is 4.46. The Morgan fingerprint density at radius 1 is 0.810 bits per heavy atom. The van der Waals surface area contributed by atoms with Crippen molar-refractivity contribution in [2.45, 2.75) is 52.4 Å². The minimum atomic E-state index is 0.846. The van der Waals surface area contributed by atoms with E-state index in [9.17, 15) is 0 Å². The minimum Gasteiger partial charge on any atom is -0.0843 e. The Morgan fingerprint density at radius 2 is 1.62 bits per heavy atom. The molecule has 0 N–H and O–H groups in total. The molecule has 0 saturated heterocycles. The molecule has 2 aromatic rings. The van der Waals surface area contributed by atoms with Crippen LogP contribution in [0.1, 0.15) is 55.4 Å². The maximum absolute atomic E-state index is 6.14. The summed E-state index contributed by atoms with van der Waals surface area (Å²) in [5.41, 5.74) is 5.67. The zero-order valence-electron chi connectivity index (χ0n) is 13.2. The second-order valence-electron chi connectivity index (χ2n) is 5.76. The van der Waals surface area contributed by atoms with Crippen molar-refractivity contribution < 1.29 is 0 Å². The number of aryl methyl sites for hydroxylation is 2. The van der Waals surface area contributed by atoms with Crippen LogP contribution in [0.5, 0.6) is 0 Å². The van der Waals surface area contributed by atoms with Gasteiger partial charge in [0.25, 0.3) is 0 Å². The topological polar surface area (TPSA) is 0 Å². The summed E-state index contributed by atoms with van der Waals surface area (Å²) in [6.07, 6.45) is 6.97. The minimum absolute atomic E-state index is 0.846. The third-order valence-electron chi connectivity index (χ3n) is 3.89. The fraction of sp³-hybridized carbons (Fsp3) is 0.400. The van der Waals surface area contributed by atoms with Crippen LogP contribution >= 0.6 is 11.6 Å². The van der Waals surface area contributed by atoms with E-state index in [4.69, 9.17) is 11.6 Å². The lowest BCUT2D eigenvalue weighted by molar-refractivity contribution is 0.794. The maximum atomic E-state index is 6.14. The van der Waals surface area contributed by atoms with Crippen molar-refractivity contribution in [3.05, 3.63) is 69.7 Å². The summed E-state index contributed by atoms with van der Waals surface area (Å²) < 4.78 is 0. The third kappa shape index (κ3) is 4.89. The summed E-state index contributed by atoms with van der Waals surface area (Å²) in [5, 5.41) is 0.846. The van der Waals surface area contributed by atoms with Crippen molar-refractivity contribution in [3.8, 4) is 0 Å². The summed E-state index contributed by atoms with van der Waals surface area (Å²) in [7, 11) is 0. The van der Waals surface area contributed by atoms with Crippen molar-refractivity contribution in [2.75, 3.05) is 0 Å². The van der Waals surface area contributed by atoms with E-state index in [1.807, 2.05) is 6.07 Å². The molecule has 0 unspecified atom stereocenters. The summed E-state index contributed by atoms with van der Waals surface area (Å²) >= 11 is 6.14. The van der Waals surface area contributed by atoms with E-state index in [1.165, 1.54) is 41.5 Å². The molecule has 21 heavy (non-hydrogen) atoms. The highest BCUT2D eigenvalue weighted by Gasteiger charge is 2.05. The Kier molecular flexibility index (Phi) is 6.32. The number of hydrogen-bond donors (Lipinski definition) is 0. The van der Waals surface area contributed by atoms with E-state index in [0.717, 1.165) is 24.3 Å². The monoisotopic (exact) mass is 300 g/mol. The van der Waals surface area contributed by atoms with Gasteiger partial charge in [0, 0.05) is 5.02 Å². The molecule has 2 rings (SSSR count). The van der Waals surface area contributed by atoms with E-state index in [1.54, 1.807) is 0 Å². The van der Waals surface area contributed by atoms with E-state index in [0.29, 0.717) is 0 Å². The first-order valence-corrected chi connectivity index (χ1v) is 8.45. The molecule has 1 heteroatoms. The predicted molar refractivity (Wildman–Crippen MR) is 93.3 cm³/mol. The van der Waals surface area contributed by atoms with Gasteiger partial charge in [-0.15, -0.1) is 0 Å². The van der Waals surface area contributed by atoms with Gasteiger partial charge in [-0.25, -0.2) is 0 Å². The molecule has 2 aromatic carbocycles. The molecule has 0 fully saturated rings. The molecular formula is C20H25Cl. The van der Waals surface area contributed by atoms with Crippen LogP contribution in [0, 0.1) is 0 Å². The SMILES string of the molecule is CCCCc1cccc(Cc2ccc(Cl)cc2CCC)c1. The van der Waals surface area contributed by atoms with Crippen molar-refractivity contribution >= 4 is 11.6 Å². The molecule has 0 heterocycles. The van der Waals surface area contributed by atoms with Crippen LogP contribution in [0.25, 0.3) is 0 Å². The first kappa shape index (κ1) is 16.1. The van der Waals surface area contributed by atoms with Crippen LogP contribution in [0.2, 0.25) is 5.02 Å². The second-order valence-corrected chi connectivity index (χ2v) is 6.20. The van der Waals surface area contributed by atoms with Gasteiger partial charge in [0.1, 0.15) is 0 Å². The predicted octanol–water partition coefficient (Wildman–Crippen LogP) is 6.23. The van der Waals surface area contributed by atoms with Gasteiger partial charge in [-0.2, -0.15) is 0 Å². The summed E-state index contributed by atoms with van der Waals surface area (Å²) in [5.74, 6) is 0.